The summed E-state index contributed by atoms with van der Waals surface area (Å²) >= 11 is 0. The van der Waals surface area contributed by atoms with E-state index in [-0.39, 0.29) is 17.9 Å². The van der Waals surface area contributed by atoms with E-state index >= 15 is 0 Å². The molecule has 6 heteroatoms. The maximum atomic E-state index is 12.1. The van der Waals surface area contributed by atoms with Gasteiger partial charge in [-0.25, -0.2) is 0 Å². The summed E-state index contributed by atoms with van der Waals surface area (Å²) in [5.41, 5.74) is 6.79. The first-order valence-corrected chi connectivity index (χ1v) is 8.61. The monoisotopic (exact) mass is 332 g/mol. The van der Waals surface area contributed by atoms with Crippen LogP contribution in [0, 0.1) is 0 Å². The SMILES string of the molecule is CC(N)CCC(=O)N1CCN(CC(=O)NCc2ccccc2)CC1. The Bertz CT molecular complexity index is 525. The Kier molecular flexibility index (Phi) is 7.21. The molecule has 1 aromatic rings. The molecule has 0 saturated carbocycles. The predicted octanol–water partition coefficient (Wildman–Crippen LogP) is 0.574. The van der Waals surface area contributed by atoms with Crippen LogP contribution in [-0.4, -0.2) is 60.4 Å². The minimum Gasteiger partial charge on any atom is -0.351 e. The Labute approximate surface area is 144 Å². The van der Waals surface area contributed by atoms with Gasteiger partial charge in [-0.05, 0) is 18.9 Å². The van der Waals surface area contributed by atoms with Crippen LogP contribution < -0.4 is 11.1 Å². The van der Waals surface area contributed by atoms with Gasteiger partial charge >= 0.3 is 0 Å². The van der Waals surface area contributed by atoms with Gasteiger partial charge in [0.1, 0.15) is 0 Å². The highest BCUT2D eigenvalue weighted by Gasteiger charge is 2.22. The number of carbonyl (C=O) groups excluding carboxylic acids is 2. The lowest BCUT2D eigenvalue weighted by Crippen LogP contribution is -2.51. The zero-order chi connectivity index (χ0) is 17.4. The van der Waals surface area contributed by atoms with Crippen LogP contribution in [0.3, 0.4) is 0 Å². The van der Waals surface area contributed by atoms with E-state index in [1.807, 2.05) is 42.2 Å². The van der Waals surface area contributed by atoms with Crippen LogP contribution in [0.2, 0.25) is 0 Å². The molecule has 0 spiro atoms. The first-order valence-electron chi connectivity index (χ1n) is 8.61. The first kappa shape index (κ1) is 18.4. The van der Waals surface area contributed by atoms with E-state index in [9.17, 15) is 9.59 Å². The highest BCUT2D eigenvalue weighted by molar-refractivity contribution is 5.78. The molecule has 2 amide bonds. The molecule has 1 fully saturated rings. The van der Waals surface area contributed by atoms with Crippen molar-refractivity contribution < 1.29 is 9.59 Å². The molecule has 1 heterocycles. The number of nitrogens with two attached hydrogens (primary N) is 1. The Balaban J connectivity index is 1.65. The minimum absolute atomic E-state index is 0.0237. The van der Waals surface area contributed by atoms with Crippen molar-refractivity contribution in [2.45, 2.75) is 32.4 Å². The van der Waals surface area contributed by atoms with Gasteiger partial charge in [0.05, 0.1) is 6.54 Å². The van der Waals surface area contributed by atoms with Gasteiger partial charge in [0.15, 0.2) is 0 Å². The Morgan fingerprint density at radius 2 is 1.83 bits per heavy atom. The number of piperazine rings is 1. The normalized spacial score (nSPS) is 16.7. The molecule has 1 aromatic carbocycles. The summed E-state index contributed by atoms with van der Waals surface area (Å²) in [4.78, 5) is 28.1. The van der Waals surface area contributed by atoms with E-state index in [1.54, 1.807) is 0 Å². The highest BCUT2D eigenvalue weighted by Crippen LogP contribution is 2.06. The minimum atomic E-state index is 0.0237. The number of carbonyl (C=O) groups is 2. The fourth-order valence-electron chi connectivity index (χ4n) is 2.72. The third-order valence-electron chi connectivity index (χ3n) is 4.24. The molecule has 24 heavy (non-hydrogen) atoms. The van der Waals surface area contributed by atoms with Gasteiger partial charge in [-0.15, -0.1) is 0 Å². The van der Waals surface area contributed by atoms with Crippen LogP contribution in [0.4, 0.5) is 0 Å². The molecule has 0 aromatic heterocycles. The summed E-state index contributed by atoms with van der Waals surface area (Å²) in [6, 6.07) is 9.93. The zero-order valence-corrected chi connectivity index (χ0v) is 14.4. The lowest BCUT2D eigenvalue weighted by Gasteiger charge is -2.34. The Hall–Kier alpha value is -1.92. The summed E-state index contributed by atoms with van der Waals surface area (Å²) < 4.78 is 0. The Morgan fingerprint density at radius 3 is 2.46 bits per heavy atom. The van der Waals surface area contributed by atoms with Crippen LogP contribution in [0.1, 0.15) is 25.3 Å². The second kappa shape index (κ2) is 9.39. The van der Waals surface area contributed by atoms with E-state index in [0.29, 0.717) is 32.6 Å². The molecular weight excluding hydrogens is 304 g/mol. The van der Waals surface area contributed by atoms with Crippen molar-refractivity contribution in [1.82, 2.24) is 15.1 Å². The Morgan fingerprint density at radius 1 is 1.17 bits per heavy atom. The molecule has 1 aliphatic rings. The van der Waals surface area contributed by atoms with Gasteiger partial charge < -0.3 is 16.0 Å². The molecule has 1 aliphatic heterocycles. The van der Waals surface area contributed by atoms with Crippen LogP contribution in [0.25, 0.3) is 0 Å². The molecule has 0 radical (unpaired) electrons. The standard InChI is InChI=1S/C18H28N4O2/c1-15(19)7-8-18(24)22-11-9-21(10-12-22)14-17(23)20-13-16-5-3-2-4-6-16/h2-6,15H,7-14,19H2,1H3,(H,20,23). The predicted molar refractivity (Wildman–Crippen MR) is 94.2 cm³/mol. The number of nitrogens with zero attached hydrogens (tertiary/aromatic N) is 2. The van der Waals surface area contributed by atoms with E-state index in [1.165, 1.54) is 0 Å². The third-order valence-corrected chi connectivity index (χ3v) is 4.24. The van der Waals surface area contributed by atoms with Crippen molar-refractivity contribution in [3.05, 3.63) is 35.9 Å². The molecule has 132 valence electrons. The van der Waals surface area contributed by atoms with Gasteiger partial charge in [-0.3, -0.25) is 14.5 Å². The van der Waals surface area contributed by atoms with Crippen LogP contribution in [-0.2, 0) is 16.1 Å². The molecule has 0 bridgehead atoms. The zero-order valence-electron chi connectivity index (χ0n) is 14.4. The average Bonchev–Trinajstić information content (AvgIpc) is 2.59. The van der Waals surface area contributed by atoms with Crippen molar-refractivity contribution in [2.24, 2.45) is 5.73 Å². The largest absolute Gasteiger partial charge is 0.351 e. The van der Waals surface area contributed by atoms with E-state index in [2.05, 4.69) is 10.2 Å². The molecule has 1 atom stereocenters. The van der Waals surface area contributed by atoms with Gasteiger partial charge in [0.2, 0.25) is 11.8 Å². The number of amides is 2. The summed E-state index contributed by atoms with van der Waals surface area (Å²) in [6.45, 7) is 5.70. The molecule has 2 rings (SSSR count). The van der Waals surface area contributed by atoms with E-state index in [4.69, 9.17) is 5.73 Å². The molecule has 1 saturated heterocycles. The fraction of sp³-hybridized carbons (Fsp3) is 0.556. The fourth-order valence-corrected chi connectivity index (χ4v) is 2.72. The van der Waals surface area contributed by atoms with Crippen molar-refractivity contribution in [2.75, 3.05) is 32.7 Å². The molecule has 6 nitrogen and oxygen atoms in total. The smallest absolute Gasteiger partial charge is 0.234 e. The summed E-state index contributed by atoms with van der Waals surface area (Å²) in [7, 11) is 0. The second-order valence-electron chi connectivity index (χ2n) is 6.44. The quantitative estimate of drug-likeness (QED) is 0.765. The highest BCUT2D eigenvalue weighted by atomic mass is 16.2. The van der Waals surface area contributed by atoms with Gasteiger partial charge in [0.25, 0.3) is 0 Å². The van der Waals surface area contributed by atoms with E-state index < -0.39 is 0 Å². The van der Waals surface area contributed by atoms with Crippen molar-refractivity contribution in [3.63, 3.8) is 0 Å². The first-order chi connectivity index (χ1) is 11.5. The number of hydrogen-bond donors (Lipinski definition) is 2. The lowest BCUT2D eigenvalue weighted by atomic mass is 10.1. The molecule has 3 N–H and O–H groups in total. The molecule has 1 unspecified atom stereocenters. The van der Waals surface area contributed by atoms with Crippen molar-refractivity contribution in [3.8, 4) is 0 Å². The van der Waals surface area contributed by atoms with E-state index in [0.717, 1.165) is 25.1 Å². The lowest BCUT2D eigenvalue weighted by molar-refractivity contribution is -0.133. The van der Waals surface area contributed by atoms with Crippen LogP contribution in [0.5, 0.6) is 0 Å². The second-order valence-corrected chi connectivity index (χ2v) is 6.44. The van der Waals surface area contributed by atoms with Crippen LogP contribution in [0.15, 0.2) is 30.3 Å². The number of hydrogen-bond acceptors (Lipinski definition) is 4. The maximum Gasteiger partial charge on any atom is 0.234 e. The van der Waals surface area contributed by atoms with Crippen LogP contribution >= 0.6 is 0 Å². The maximum absolute atomic E-state index is 12.1. The van der Waals surface area contributed by atoms with Gasteiger partial charge in [-0.1, -0.05) is 30.3 Å². The third kappa shape index (κ3) is 6.29. The number of rotatable bonds is 7. The average molecular weight is 332 g/mol. The summed E-state index contributed by atoms with van der Waals surface area (Å²) in [6.07, 6.45) is 1.23. The van der Waals surface area contributed by atoms with Gasteiger partial charge in [0, 0.05) is 45.2 Å². The van der Waals surface area contributed by atoms with Gasteiger partial charge in [-0.2, -0.15) is 0 Å². The topological polar surface area (TPSA) is 78.7 Å². The number of benzene rings is 1. The van der Waals surface area contributed by atoms with Crippen molar-refractivity contribution in [1.29, 1.82) is 0 Å². The summed E-state index contributed by atoms with van der Waals surface area (Å²) in [5.74, 6) is 0.191. The molecule has 0 aliphatic carbocycles. The molecular formula is C18H28N4O2. The number of nitrogens with one attached hydrogen (secondary N) is 1. The van der Waals surface area contributed by atoms with Crippen molar-refractivity contribution >= 4 is 11.8 Å². The summed E-state index contributed by atoms with van der Waals surface area (Å²) in [5, 5.41) is 2.94.